The summed E-state index contributed by atoms with van der Waals surface area (Å²) in [6, 6.07) is 4.19. The average Bonchev–Trinajstić information content (AvgIpc) is 2.84. The van der Waals surface area contributed by atoms with Crippen LogP contribution in [0.3, 0.4) is 0 Å². The Morgan fingerprint density at radius 3 is 2.81 bits per heavy atom. The van der Waals surface area contributed by atoms with E-state index in [1.54, 1.807) is 0 Å². The first-order valence-corrected chi connectivity index (χ1v) is 6.62. The van der Waals surface area contributed by atoms with Crippen LogP contribution in [0.25, 0.3) is 10.9 Å². The Morgan fingerprint density at radius 2 is 2.14 bits per heavy atom. The van der Waals surface area contributed by atoms with Gasteiger partial charge in [-0.1, -0.05) is 0 Å². The zero-order valence-corrected chi connectivity index (χ0v) is 11.2. The molecule has 0 saturated carbocycles. The Morgan fingerprint density at radius 1 is 1.43 bits per heavy atom. The number of fused-ring (bicyclic) bond motifs is 1. The number of nitro groups is 1. The number of anilines is 1. The van der Waals surface area contributed by atoms with Gasteiger partial charge in [-0.2, -0.15) is 4.68 Å². The normalized spacial score (nSPS) is 16.2. The number of carbonyl (C=O) groups is 1. The van der Waals surface area contributed by atoms with Crippen molar-refractivity contribution in [3.63, 3.8) is 0 Å². The summed E-state index contributed by atoms with van der Waals surface area (Å²) in [4.78, 5) is 22.8. The Hall–Kier alpha value is -2.48. The van der Waals surface area contributed by atoms with E-state index in [4.69, 9.17) is 10.5 Å². The van der Waals surface area contributed by atoms with Crippen molar-refractivity contribution in [1.82, 2.24) is 9.78 Å². The molecule has 0 amide bonds. The van der Waals surface area contributed by atoms with Crippen LogP contribution < -0.4 is 5.73 Å². The minimum atomic E-state index is -0.503. The number of nitrogen functional groups attached to an aromatic ring is 1. The molecule has 0 unspecified atom stereocenters. The number of nitrogens with zero attached hydrogens (tertiary/aromatic N) is 3. The van der Waals surface area contributed by atoms with Gasteiger partial charge in [0, 0.05) is 31.3 Å². The number of nitrogens with two attached hydrogens (primary N) is 1. The van der Waals surface area contributed by atoms with Gasteiger partial charge in [-0.05, 0) is 18.9 Å². The Balaban J connectivity index is 2.03. The molecule has 0 aliphatic carbocycles. The monoisotopic (exact) mass is 290 g/mol. The Bertz CT molecular complexity index is 718. The highest BCUT2D eigenvalue weighted by Crippen LogP contribution is 2.27. The summed E-state index contributed by atoms with van der Waals surface area (Å²) < 4.78 is 6.49. The molecule has 2 heterocycles. The standard InChI is InChI=1S/C13H14N4O4/c14-12-10-7-9(17(19)20)1-2-11(10)16(15-12)13(18)8-3-5-21-6-4-8/h1-2,7-8H,3-6H2,(H2,14,15). The lowest BCUT2D eigenvalue weighted by molar-refractivity contribution is -0.384. The lowest BCUT2D eigenvalue weighted by Gasteiger charge is -2.20. The lowest BCUT2D eigenvalue weighted by Crippen LogP contribution is -2.28. The van der Waals surface area contributed by atoms with E-state index in [1.165, 1.54) is 22.9 Å². The third kappa shape index (κ3) is 2.33. The zero-order chi connectivity index (χ0) is 15.0. The summed E-state index contributed by atoms with van der Waals surface area (Å²) in [6.07, 6.45) is 1.29. The van der Waals surface area contributed by atoms with E-state index < -0.39 is 4.92 Å². The first-order chi connectivity index (χ1) is 10.1. The van der Waals surface area contributed by atoms with E-state index in [0.29, 0.717) is 37.0 Å². The van der Waals surface area contributed by atoms with Crippen molar-refractivity contribution in [3.05, 3.63) is 28.3 Å². The van der Waals surface area contributed by atoms with Gasteiger partial charge >= 0.3 is 0 Å². The summed E-state index contributed by atoms with van der Waals surface area (Å²) in [5.41, 5.74) is 6.20. The van der Waals surface area contributed by atoms with Crippen LogP contribution in [-0.2, 0) is 4.74 Å². The molecule has 1 aliphatic heterocycles. The molecule has 0 bridgehead atoms. The fourth-order valence-electron chi connectivity index (χ4n) is 2.53. The van der Waals surface area contributed by atoms with Gasteiger partial charge < -0.3 is 10.5 Å². The Kier molecular flexibility index (Phi) is 3.30. The van der Waals surface area contributed by atoms with Crippen molar-refractivity contribution in [3.8, 4) is 0 Å². The smallest absolute Gasteiger partial charge is 0.270 e. The van der Waals surface area contributed by atoms with Crippen molar-refractivity contribution >= 4 is 28.3 Å². The summed E-state index contributed by atoms with van der Waals surface area (Å²) >= 11 is 0. The zero-order valence-electron chi connectivity index (χ0n) is 11.2. The van der Waals surface area contributed by atoms with Crippen molar-refractivity contribution in [1.29, 1.82) is 0 Å². The largest absolute Gasteiger partial charge is 0.382 e. The molecule has 2 N–H and O–H groups in total. The molecule has 1 aliphatic rings. The number of benzene rings is 1. The molecule has 8 heteroatoms. The van der Waals surface area contributed by atoms with Crippen LogP contribution in [0.5, 0.6) is 0 Å². The van der Waals surface area contributed by atoms with Crippen molar-refractivity contribution in [2.24, 2.45) is 5.92 Å². The first-order valence-electron chi connectivity index (χ1n) is 6.62. The number of rotatable bonds is 2. The number of nitro benzene ring substituents is 1. The van der Waals surface area contributed by atoms with Gasteiger partial charge in [-0.15, -0.1) is 5.10 Å². The van der Waals surface area contributed by atoms with Gasteiger partial charge in [0.25, 0.3) is 11.6 Å². The molecule has 3 rings (SSSR count). The van der Waals surface area contributed by atoms with E-state index in [2.05, 4.69) is 5.10 Å². The second-order valence-electron chi connectivity index (χ2n) is 4.98. The third-order valence-corrected chi connectivity index (χ3v) is 3.68. The van der Waals surface area contributed by atoms with Crippen LogP contribution in [-0.4, -0.2) is 33.8 Å². The lowest BCUT2D eigenvalue weighted by atomic mass is 9.99. The fraction of sp³-hybridized carbons (Fsp3) is 0.385. The summed E-state index contributed by atoms with van der Waals surface area (Å²) in [5, 5.41) is 15.3. The summed E-state index contributed by atoms with van der Waals surface area (Å²) in [6.45, 7) is 1.10. The minimum Gasteiger partial charge on any atom is -0.382 e. The van der Waals surface area contributed by atoms with Crippen molar-refractivity contribution < 1.29 is 14.5 Å². The van der Waals surface area contributed by atoms with E-state index in [0.717, 1.165) is 0 Å². The van der Waals surface area contributed by atoms with Gasteiger partial charge in [-0.3, -0.25) is 14.9 Å². The number of ether oxygens (including phenoxy) is 1. The van der Waals surface area contributed by atoms with Crippen LogP contribution >= 0.6 is 0 Å². The van der Waals surface area contributed by atoms with Gasteiger partial charge in [0.1, 0.15) is 0 Å². The summed E-state index contributed by atoms with van der Waals surface area (Å²) in [7, 11) is 0. The second kappa shape index (κ2) is 5.13. The number of hydrogen-bond donors (Lipinski definition) is 1. The van der Waals surface area contributed by atoms with Crippen LogP contribution in [0.15, 0.2) is 18.2 Å². The van der Waals surface area contributed by atoms with Gasteiger partial charge in [-0.25, -0.2) is 0 Å². The summed E-state index contributed by atoms with van der Waals surface area (Å²) in [5.74, 6) is -0.181. The third-order valence-electron chi connectivity index (χ3n) is 3.68. The molecule has 21 heavy (non-hydrogen) atoms. The molecule has 1 fully saturated rings. The number of aromatic nitrogens is 2. The maximum atomic E-state index is 12.5. The molecule has 110 valence electrons. The molecule has 8 nitrogen and oxygen atoms in total. The molecule has 1 saturated heterocycles. The highest BCUT2D eigenvalue weighted by atomic mass is 16.6. The number of non-ortho nitro benzene ring substituents is 1. The van der Waals surface area contributed by atoms with Crippen LogP contribution in [0.4, 0.5) is 11.5 Å². The molecular formula is C13H14N4O4. The number of carbonyl (C=O) groups excluding carboxylic acids is 1. The molecule has 2 aromatic rings. The van der Waals surface area contributed by atoms with Gasteiger partial charge in [0.15, 0.2) is 5.82 Å². The van der Waals surface area contributed by atoms with Crippen molar-refractivity contribution in [2.75, 3.05) is 18.9 Å². The number of hydrogen-bond acceptors (Lipinski definition) is 6. The van der Waals surface area contributed by atoms with Crippen LogP contribution in [0, 0.1) is 16.0 Å². The second-order valence-corrected chi connectivity index (χ2v) is 4.98. The Labute approximate surface area is 119 Å². The van der Waals surface area contributed by atoms with E-state index in [1.807, 2.05) is 0 Å². The first kappa shape index (κ1) is 13.5. The van der Waals surface area contributed by atoms with E-state index >= 15 is 0 Å². The molecule has 0 atom stereocenters. The molecule has 0 radical (unpaired) electrons. The van der Waals surface area contributed by atoms with Crippen molar-refractivity contribution in [2.45, 2.75) is 12.8 Å². The average molecular weight is 290 g/mol. The maximum absolute atomic E-state index is 12.5. The maximum Gasteiger partial charge on any atom is 0.270 e. The van der Waals surface area contributed by atoms with E-state index in [-0.39, 0.29) is 23.3 Å². The van der Waals surface area contributed by atoms with Crippen LogP contribution in [0.2, 0.25) is 0 Å². The minimum absolute atomic E-state index is 0.0766. The quantitative estimate of drug-likeness (QED) is 0.663. The highest BCUT2D eigenvalue weighted by Gasteiger charge is 2.26. The predicted octanol–water partition coefficient (Wildman–Crippen LogP) is 1.59. The molecule has 0 spiro atoms. The highest BCUT2D eigenvalue weighted by molar-refractivity contribution is 5.98. The molecular weight excluding hydrogens is 276 g/mol. The fourth-order valence-corrected chi connectivity index (χ4v) is 2.53. The molecule has 1 aromatic heterocycles. The van der Waals surface area contributed by atoms with Gasteiger partial charge in [0.2, 0.25) is 0 Å². The van der Waals surface area contributed by atoms with Crippen LogP contribution in [0.1, 0.15) is 17.6 Å². The topological polar surface area (TPSA) is 113 Å². The SMILES string of the molecule is Nc1nn(C(=O)C2CCOCC2)c2ccc([N+](=O)[O-])cc12. The predicted molar refractivity (Wildman–Crippen MR) is 75.0 cm³/mol. The van der Waals surface area contributed by atoms with E-state index in [9.17, 15) is 14.9 Å². The molecule has 1 aromatic carbocycles. The van der Waals surface area contributed by atoms with Gasteiger partial charge in [0.05, 0.1) is 15.8 Å².